The maximum atomic E-state index is 12.5. The number of hydrogen-bond donors (Lipinski definition) is 1. The second-order valence-electron chi connectivity index (χ2n) is 4.88. The Morgan fingerprint density at radius 1 is 1.68 bits per heavy atom. The largest absolute Gasteiger partial charge is 0.375 e. The van der Waals surface area contributed by atoms with Crippen LogP contribution >= 0.6 is 0 Å². The van der Waals surface area contributed by atoms with Crippen molar-refractivity contribution >= 4 is 5.91 Å². The highest BCUT2D eigenvalue weighted by Crippen LogP contribution is 2.10. The first-order chi connectivity index (χ1) is 9.11. The predicted octanol–water partition coefficient (Wildman–Crippen LogP) is 0.146. The van der Waals surface area contributed by atoms with Gasteiger partial charge in [0.25, 0.3) is 0 Å². The average molecular weight is 266 g/mol. The summed E-state index contributed by atoms with van der Waals surface area (Å²) in [6, 6.07) is -0.245. The summed E-state index contributed by atoms with van der Waals surface area (Å²) in [5, 5.41) is 7.37. The number of likely N-dealkylation sites (N-methyl/N-ethyl adjacent to an activating group) is 1. The molecule has 1 saturated heterocycles. The van der Waals surface area contributed by atoms with E-state index in [2.05, 4.69) is 10.4 Å². The molecule has 0 aliphatic carbocycles. The summed E-state index contributed by atoms with van der Waals surface area (Å²) in [5.74, 6) is 0.0959. The second-order valence-corrected chi connectivity index (χ2v) is 4.88. The van der Waals surface area contributed by atoms with Gasteiger partial charge in [-0.05, 0) is 13.8 Å². The van der Waals surface area contributed by atoms with Gasteiger partial charge in [-0.25, -0.2) is 0 Å². The van der Waals surface area contributed by atoms with Crippen LogP contribution in [-0.4, -0.2) is 52.4 Å². The van der Waals surface area contributed by atoms with Crippen LogP contribution in [0.2, 0.25) is 0 Å². The zero-order valence-corrected chi connectivity index (χ0v) is 11.8. The Labute approximate surface area is 113 Å². The van der Waals surface area contributed by atoms with E-state index in [1.807, 2.05) is 32.0 Å². The van der Waals surface area contributed by atoms with Crippen molar-refractivity contribution in [2.75, 3.05) is 19.7 Å². The third-order valence-electron chi connectivity index (χ3n) is 3.41. The van der Waals surface area contributed by atoms with Gasteiger partial charge in [-0.3, -0.25) is 9.48 Å². The van der Waals surface area contributed by atoms with Gasteiger partial charge >= 0.3 is 0 Å². The Hall–Kier alpha value is -1.40. The standard InChI is InChI=1S/C13H22N4O2/c1-4-17(9-11-7-15-16(3)8-11)13(18)12-10(2)19-6-5-14-12/h7-8,10,12,14H,4-6,9H2,1-3H3/t10-,12+/m1/s1. The average Bonchev–Trinajstić information content (AvgIpc) is 2.81. The van der Waals surface area contributed by atoms with Crippen LogP contribution in [-0.2, 0) is 23.1 Å². The molecule has 106 valence electrons. The number of nitrogens with one attached hydrogen (secondary N) is 1. The predicted molar refractivity (Wildman–Crippen MR) is 71.5 cm³/mol. The van der Waals surface area contributed by atoms with E-state index in [-0.39, 0.29) is 18.1 Å². The summed E-state index contributed by atoms with van der Waals surface area (Å²) in [6.45, 7) is 6.59. The lowest BCUT2D eigenvalue weighted by molar-refractivity contribution is -0.139. The monoisotopic (exact) mass is 266 g/mol. The van der Waals surface area contributed by atoms with E-state index in [4.69, 9.17) is 4.74 Å². The molecule has 0 aromatic carbocycles. The number of carbonyl (C=O) groups excluding carboxylic acids is 1. The van der Waals surface area contributed by atoms with Crippen molar-refractivity contribution in [1.29, 1.82) is 0 Å². The minimum atomic E-state index is -0.245. The Bertz CT molecular complexity index is 432. The van der Waals surface area contributed by atoms with Crippen molar-refractivity contribution in [1.82, 2.24) is 20.0 Å². The smallest absolute Gasteiger partial charge is 0.242 e. The number of hydrogen-bond acceptors (Lipinski definition) is 4. The molecule has 19 heavy (non-hydrogen) atoms. The van der Waals surface area contributed by atoms with Crippen LogP contribution in [0.15, 0.2) is 12.4 Å². The minimum Gasteiger partial charge on any atom is -0.375 e. The third-order valence-corrected chi connectivity index (χ3v) is 3.41. The molecule has 1 aliphatic rings. The molecule has 0 bridgehead atoms. The maximum Gasteiger partial charge on any atom is 0.242 e. The normalized spacial score (nSPS) is 23.3. The molecule has 2 heterocycles. The number of carbonyl (C=O) groups is 1. The maximum absolute atomic E-state index is 12.5. The quantitative estimate of drug-likeness (QED) is 0.842. The van der Waals surface area contributed by atoms with Crippen molar-refractivity contribution in [2.45, 2.75) is 32.5 Å². The van der Waals surface area contributed by atoms with Crippen molar-refractivity contribution in [3.8, 4) is 0 Å². The lowest BCUT2D eigenvalue weighted by Crippen LogP contribution is -2.56. The second kappa shape index (κ2) is 6.16. The highest BCUT2D eigenvalue weighted by atomic mass is 16.5. The highest BCUT2D eigenvalue weighted by molar-refractivity contribution is 5.82. The Balaban J connectivity index is 2.01. The van der Waals surface area contributed by atoms with Crippen LogP contribution in [0.5, 0.6) is 0 Å². The van der Waals surface area contributed by atoms with Crippen molar-refractivity contribution in [2.24, 2.45) is 7.05 Å². The number of amides is 1. The minimum absolute atomic E-state index is 0.0794. The molecule has 1 aromatic rings. The molecule has 0 spiro atoms. The van der Waals surface area contributed by atoms with E-state index in [1.165, 1.54) is 0 Å². The number of rotatable bonds is 4. The highest BCUT2D eigenvalue weighted by Gasteiger charge is 2.31. The number of aryl methyl sites for hydroxylation is 1. The first kappa shape index (κ1) is 14.0. The summed E-state index contributed by atoms with van der Waals surface area (Å²) in [5.41, 5.74) is 1.04. The van der Waals surface area contributed by atoms with Crippen molar-refractivity contribution in [3.05, 3.63) is 18.0 Å². The lowest BCUT2D eigenvalue weighted by Gasteiger charge is -2.33. The van der Waals surface area contributed by atoms with Crippen LogP contribution < -0.4 is 5.32 Å². The van der Waals surface area contributed by atoms with Gasteiger partial charge in [0.1, 0.15) is 6.04 Å². The molecule has 0 radical (unpaired) electrons. The van der Waals surface area contributed by atoms with Crippen LogP contribution in [0.3, 0.4) is 0 Å². The molecular weight excluding hydrogens is 244 g/mol. The molecule has 1 amide bonds. The first-order valence-electron chi connectivity index (χ1n) is 6.73. The zero-order valence-electron chi connectivity index (χ0n) is 11.8. The van der Waals surface area contributed by atoms with Gasteiger partial charge in [0.05, 0.1) is 18.9 Å². The van der Waals surface area contributed by atoms with Gasteiger partial charge in [0, 0.05) is 38.4 Å². The Morgan fingerprint density at radius 2 is 2.47 bits per heavy atom. The van der Waals surface area contributed by atoms with Gasteiger partial charge in [-0.1, -0.05) is 0 Å². The molecular formula is C13H22N4O2. The Kier molecular flexibility index (Phi) is 4.55. The van der Waals surface area contributed by atoms with Gasteiger partial charge in [0.15, 0.2) is 0 Å². The number of aromatic nitrogens is 2. The summed E-state index contributed by atoms with van der Waals surface area (Å²) in [4.78, 5) is 14.3. The fraction of sp³-hybridized carbons (Fsp3) is 0.692. The van der Waals surface area contributed by atoms with E-state index in [9.17, 15) is 4.79 Å². The molecule has 0 saturated carbocycles. The molecule has 1 aliphatic heterocycles. The van der Waals surface area contributed by atoms with E-state index >= 15 is 0 Å². The van der Waals surface area contributed by atoms with Gasteiger partial charge in [-0.15, -0.1) is 0 Å². The van der Waals surface area contributed by atoms with Crippen molar-refractivity contribution < 1.29 is 9.53 Å². The van der Waals surface area contributed by atoms with Crippen LogP contribution in [0.1, 0.15) is 19.4 Å². The van der Waals surface area contributed by atoms with E-state index in [1.54, 1.807) is 10.9 Å². The van der Waals surface area contributed by atoms with E-state index in [0.717, 1.165) is 12.1 Å². The molecule has 1 aromatic heterocycles. The van der Waals surface area contributed by atoms with E-state index < -0.39 is 0 Å². The topological polar surface area (TPSA) is 59.4 Å². The number of nitrogens with zero attached hydrogens (tertiary/aromatic N) is 3. The fourth-order valence-corrected chi connectivity index (χ4v) is 2.33. The molecule has 2 atom stereocenters. The van der Waals surface area contributed by atoms with Crippen LogP contribution in [0, 0.1) is 0 Å². The van der Waals surface area contributed by atoms with Crippen molar-refractivity contribution in [3.63, 3.8) is 0 Å². The molecule has 6 nitrogen and oxygen atoms in total. The van der Waals surface area contributed by atoms with Gasteiger partial charge < -0.3 is 15.0 Å². The Morgan fingerprint density at radius 3 is 3.05 bits per heavy atom. The van der Waals surface area contributed by atoms with Crippen LogP contribution in [0.4, 0.5) is 0 Å². The number of morpholine rings is 1. The molecule has 1 N–H and O–H groups in total. The SMILES string of the molecule is CCN(Cc1cnn(C)c1)C(=O)[C@H]1NCCO[C@@H]1C. The summed E-state index contributed by atoms with van der Waals surface area (Å²) in [6.07, 6.45) is 3.65. The number of ether oxygens (including phenoxy) is 1. The van der Waals surface area contributed by atoms with E-state index in [0.29, 0.717) is 19.7 Å². The van der Waals surface area contributed by atoms with Gasteiger partial charge in [0.2, 0.25) is 5.91 Å². The molecule has 0 unspecified atom stereocenters. The third kappa shape index (κ3) is 3.33. The van der Waals surface area contributed by atoms with Crippen LogP contribution in [0.25, 0.3) is 0 Å². The first-order valence-corrected chi connectivity index (χ1v) is 6.73. The molecule has 1 fully saturated rings. The summed E-state index contributed by atoms with van der Waals surface area (Å²) < 4.78 is 7.28. The summed E-state index contributed by atoms with van der Waals surface area (Å²) in [7, 11) is 1.88. The molecule has 2 rings (SSSR count). The lowest BCUT2D eigenvalue weighted by atomic mass is 10.1. The molecule has 6 heteroatoms. The summed E-state index contributed by atoms with van der Waals surface area (Å²) >= 11 is 0. The fourth-order valence-electron chi connectivity index (χ4n) is 2.33. The van der Waals surface area contributed by atoms with Gasteiger partial charge in [-0.2, -0.15) is 5.10 Å². The zero-order chi connectivity index (χ0) is 13.8.